The predicted molar refractivity (Wildman–Crippen MR) is 211 cm³/mol. The van der Waals surface area contributed by atoms with E-state index in [1.165, 1.54) is 7.11 Å². The average molecular weight is 853 g/mol. The topological polar surface area (TPSA) is 198 Å². The van der Waals surface area contributed by atoms with Crippen LogP contribution in [0.2, 0.25) is 0 Å². The fourth-order valence-corrected chi connectivity index (χ4v) is 7.25. The van der Waals surface area contributed by atoms with Gasteiger partial charge in [-0.3, -0.25) is 9.59 Å². The van der Waals surface area contributed by atoms with Crippen LogP contribution in [-0.2, 0) is 51.8 Å². The first kappa shape index (κ1) is 45.2. The maximum Gasteiger partial charge on any atom is 0 e. The number of amides is 4. The van der Waals surface area contributed by atoms with E-state index in [4.69, 9.17) is 9.84 Å². The molecular formula is C40H50BN9O6Y-. The molecule has 2 unspecified atom stereocenters. The standard InChI is InChI=1S/C39H47N8O5.CH3BNO.Y/c1-23(2)33(42-22-48)37(49)46-18-6-8-31(46)35-40-20-29(43-35)27-14-10-25(11-15-27)26-12-16-28(17-13-26)30-21-41-36(44-30)32-9-7-19-47(32)38(50)34(24(3)4)45-39(51)52-5;2-3-1-4;/h10-17,20-21,23-24,31-34H,6-9,18-19H2,1-5H3,(H,40,43)(H,41,44)(H,42,48)(H,45,51);4H,1H2;/q-1;;/t31?,32?,33-,34-;;/m0../s1. The second-order valence-corrected chi connectivity index (χ2v) is 14.5. The third kappa shape index (κ3) is 10.9. The molecule has 2 saturated heterocycles. The van der Waals surface area contributed by atoms with E-state index in [2.05, 4.69) is 91.6 Å². The van der Waals surface area contributed by atoms with Gasteiger partial charge in [-0.05, 0) is 59.8 Å². The van der Waals surface area contributed by atoms with E-state index < -0.39 is 18.2 Å². The summed E-state index contributed by atoms with van der Waals surface area (Å²) in [7, 11) is 5.69. The molecule has 2 aliphatic rings. The summed E-state index contributed by atoms with van der Waals surface area (Å²) in [6.45, 7) is 8.55. The van der Waals surface area contributed by atoms with Crippen LogP contribution in [0.3, 0.4) is 0 Å². The number of nitrogens with one attached hydrogen (secondary N) is 4. The number of rotatable bonds is 13. The van der Waals surface area contributed by atoms with Crippen LogP contribution in [0.5, 0.6) is 0 Å². The molecule has 5 N–H and O–H groups in total. The molecule has 57 heavy (non-hydrogen) atoms. The van der Waals surface area contributed by atoms with Gasteiger partial charge in [-0.2, -0.15) is 6.41 Å². The van der Waals surface area contributed by atoms with Gasteiger partial charge >= 0.3 is 30.5 Å². The van der Waals surface area contributed by atoms with Crippen molar-refractivity contribution in [2.75, 3.05) is 26.9 Å². The number of methoxy groups -OCH3 is 1. The number of aromatic amines is 2. The molecule has 298 valence electrons. The van der Waals surface area contributed by atoms with Crippen molar-refractivity contribution in [3.05, 3.63) is 72.6 Å². The van der Waals surface area contributed by atoms with Gasteiger partial charge in [-0.15, -0.1) is 0 Å². The average Bonchev–Trinajstić information content (AvgIpc) is 4.05. The van der Waals surface area contributed by atoms with Crippen molar-refractivity contribution in [3.63, 3.8) is 0 Å². The van der Waals surface area contributed by atoms with E-state index in [9.17, 15) is 19.2 Å². The fourth-order valence-electron chi connectivity index (χ4n) is 7.25. The molecule has 4 heterocycles. The third-order valence-corrected chi connectivity index (χ3v) is 10.2. The summed E-state index contributed by atoms with van der Waals surface area (Å²) in [5.74, 6) is 1.06. The van der Waals surface area contributed by atoms with Crippen molar-refractivity contribution in [2.45, 2.75) is 77.5 Å². The predicted octanol–water partition coefficient (Wildman–Crippen LogP) is 4.81. The van der Waals surface area contributed by atoms with Gasteiger partial charge in [0, 0.05) is 45.8 Å². The number of imidazole rings is 2. The Balaban J connectivity index is 0.00000137. The van der Waals surface area contributed by atoms with E-state index in [1.54, 1.807) is 23.7 Å². The Morgan fingerprint density at radius 2 is 1.23 bits per heavy atom. The molecule has 15 nitrogen and oxygen atoms in total. The number of ether oxygens (including phenoxy) is 1. The summed E-state index contributed by atoms with van der Waals surface area (Å²) in [6.07, 6.45) is 7.98. The van der Waals surface area contributed by atoms with Gasteiger partial charge in [0.25, 0.3) is 0 Å². The van der Waals surface area contributed by atoms with Crippen molar-refractivity contribution < 1.29 is 61.7 Å². The molecule has 2 aromatic carbocycles. The SMILES string of the molecule is COC(=O)N[C@H](C(=O)N1CCCC1c1ncc(-c2ccc(-c3ccc(-c4cnc(C5CCCN5C(=O)[C@@H](N[C-]=O)C(C)C)[nH]4)cc3)cc2)[nH]1)C(C)C.[B]=NCO.[Y]. The Kier molecular flexibility index (Phi) is 16.9. The molecule has 4 aromatic rings. The molecule has 0 aliphatic carbocycles. The van der Waals surface area contributed by atoms with Gasteiger partial charge in [0.1, 0.15) is 17.7 Å². The Morgan fingerprint density at radius 3 is 1.60 bits per heavy atom. The van der Waals surface area contributed by atoms with Crippen LogP contribution in [0.4, 0.5) is 4.79 Å². The van der Waals surface area contributed by atoms with Gasteiger partial charge in [0.05, 0.1) is 49.0 Å². The Hall–Kier alpha value is -4.53. The van der Waals surface area contributed by atoms with Gasteiger partial charge in [-0.25, -0.2) is 14.8 Å². The van der Waals surface area contributed by atoms with Crippen molar-refractivity contribution >= 4 is 32.0 Å². The molecule has 17 heteroatoms. The number of alkyl carbamates (subject to hydrolysis) is 1. The molecule has 0 spiro atoms. The van der Waals surface area contributed by atoms with Crippen molar-refractivity contribution in [1.82, 2.24) is 40.4 Å². The van der Waals surface area contributed by atoms with Crippen LogP contribution < -0.4 is 10.6 Å². The Labute approximate surface area is 359 Å². The minimum Gasteiger partial charge on any atom is 0 e. The Morgan fingerprint density at radius 1 is 0.825 bits per heavy atom. The summed E-state index contributed by atoms with van der Waals surface area (Å²) in [4.78, 5) is 72.3. The van der Waals surface area contributed by atoms with E-state index in [-0.39, 0.29) is 75.2 Å². The van der Waals surface area contributed by atoms with Crippen LogP contribution in [-0.4, -0.2) is 106 Å². The van der Waals surface area contributed by atoms with E-state index in [0.29, 0.717) is 13.1 Å². The van der Waals surface area contributed by atoms with Crippen LogP contribution in [0.25, 0.3) is 33.6 Å². The van der Waals surface area contributed by atoms with Crippen LogP contribution in [0.1, 0.15) is 77.1 Å². The normalized spacial score (nSPS) is 17.2. The molecular weight excluding hydrogens is 802 g/mol. The largest absolute Gasteiger partial charge is 0 e. The molecule has 0 bridgehead atoms. The minimum absolute atomic E-state index is 0. The number of hydrogen-bond acceptors (Lipinski definition) is 9. The zero-order chi connectivity index (χ0) is 40.4. The first-order valence-corrected chi connectivity index (χ1v) is 18.9. The van der Waals surface area contributed by atoms with E-state index in [0.717, 1.165) is 71.0 Å². The molecule has 2 fully saturated rings. The number of carbonyl (C=O) groups is 3. The first-order valence-electron chi connectivity index (χ1n) is 18.9. The number of nitrogens with zero attached hydrogens (tertiary/aromatic N) is 5. The van der Waals surface area contributed by atoms with Gasteiger partial charge in [0.15, 0.2) is 0 Å². The van der Waals surface area contributed by atoms with Gasteiger partial charge in [-0.1, -0.05) is 76.2 Å². The smallest absolute Gasteiger partial charge is 0 e. The molecule has 2 aliphatic heterocycles. The number of benzene rings is 2. The Bertz CT molecular complexity index is 1950. The zero-order valence-electron chi connectivity index (χ0n) is 33.1. The zero-order valence-corrected chi connectivity index (χ0v) is 35.9. The van der Waals surface area contributed by atoms with E-state index >= 15 is 0 Å². The van der Waals surface area contributed by atoms with E-state index in [1.807, 2.05) is 32.6 Å². The summed E-state index contributed by atoms with van der Waals surface area (Å²) in [6, 6.07) is 14.8. The van der Waals surface area contributed by atoms with Crippen LogP contribution in [0, 0.1) is 11.8 Å². The monoisotopic (exact) mass is 852 g/mol. The summed E-state index contributed by atoms with van der Waals surface area (Å²) in [5, 5.41) is 12.8. The molecule has 2 radical (unpaired) electrons. The van der Waals surface area contributed by atoms with Crippen LogP contribution in [0.15, 0.2) is 65.8 Å². The van der Waals surface area contributed by atoms with Crippen LogP contribution >= 0.6 is 0 Å². The number of aliphatic hydroxyl groups excluding tert-OH is 1. The second-order valence-electron chi connectivity index (χ2n) is 14.5. The second kappa shape index (κ2) is 21.3. The van der Waals surface area contributed by atoms with Crippen molar-refractivity contribution in [1.29, 1.82) is 0 Å². The number of aromatic nitrogens is 4. The first-order chi connectivity index (χ1) is 27.0. The van der Waals surface area contributed by atoms with Crippen molar-refractivity contribution in [3.8, 4) is 33.6 Å². The quantitative estimate of drug-likeness (QED) is 0.0718. The summed E-state index contributed by atoms with van der Waals surface area (Å²) in [5.41, 5.74) is 5.82. The number of likely N-dealkylation sites (tertiary alicyclic amines) is 2. The van der Waals surface area contributed by atoms with Gasteiger partial charge in [0.2, 0.25) is 11.8 Å². The minimum atomic E-state index is -0.684. The van der Waals surface area contributed by atoms with Crippen molar-refractivity contribution in [2.24, 2.45) is 16.7 Å². The molecule has 6 rings (SSSR count). The summed E-state index contributed by atoms with van der Waals surface area (Å²) < 4.78 is 4.75. The molecule has 4 atom stereocenters. The molecule has 0 saturated carbocycles. The number of aliphatic hydroxyl groups is 1. The number of H-pyrrole nitrogens is 2. The number of hydrogen-bond donors (Lipinski definition) is 5. The molecule has 4 amide bonds. The fraction of sp³-hybridized carbons (Fsp3) is 0.450. The van der Waals surface area contributed by atoms with Gasteiger partial charge < -0.3 is 39.9 Å². The maximum absolute atomic E-state index is 13.5. The maximum atomic E-state index is 13.5. The number of carbonyl (C=O) groups excluding carboxylic acids is 4. The summed E-state index contributed by atoms with van der Waals surface area (Å²) >= 11 is 0. The third-order valence-electron chi connectivity index (χ3n) is 10.2. The molecule has 2 aromatic heterocycles.